The fourth-order valence-electron chi connectivity index (χ4n) is 2.52. The topological polar surface area (TPSA) is 48.0 Å². The molecule has 0 saturated carbocycles. The van der Waals surface area contributed by atoms with Gasteiger partial charge in [0.1, 0.15) is 0 Å². The number of benzene rings is 1. The summed E-state index contributed by atoms with van der Waals surface area (Å²) in [7, 11) is 3.24. The van der Waals surface area contributed by atoms with E-state index in [0.29, 0.717) is 18.9 Å². The lowest BCUT2D eigenvalue weighted by Gasteiger charge is -2.34. The summed E-state index contributed by atoms with van der Waals surface area (Å²) >= 11 is 0. The second-order valence-electron chi connectivity index (χ2n) is 4.86. The first kappa shape index (κ1) is 14.5. The first-order valence-corrected chi connectivity index (χ1v) is 6.77. The van der Waals surface area contributed by atoms with Gasteiger partial charge < -0.3 is 19.1 Å². The van der Waals surface area contributed by atoms with Crippen molar-refractivity contribution in [2.45, 2.75) is 32.9 Å². The number of hydrogen-bond donors (Lipinski definition) is 0. The average Bonchev–Trinajstić information content (AvgIpc) is 2.45. The highest BCUT2D eigenvalue weighted by atomic mass is 16.6. The predicted molar refractivity (Wildman–Crippen MR) is 75.3 cm³/mol. The van der Waals surface area contributed by atoms with Gasteiger partial charge in [0.25, 0.3) is 0 Å². The number of nitrogens with zero attached hydrogens (tertiary/aromatic N) is 1. The van der Waals surface area contributed by atoms with Gasteiger partial charge in [0, 0.05) is 12.6 Å². The van der Waals surface area contributed by atoms with E-state index in [1.165, 1.54) is 5.56 Å². The second-order valence-corrected chi connectivity index (χ2v) is 4.86. The summed E-state index contributed by atoms with van der Waals surface area (Å²) in [6.45, 7) is 4.77. The summed E-state index contributed by atoms with van der Waals surface area (Å²) in [6.07, 6.45) is 0.523. The third-order valence-electron chi connectivity index (χ3n) is 3.60. The lowest BCUT2D eigenvalue weighted by atomic mass is 9.94. The standard InChI is InChI=1S/C15H21NO4/c1-5-20-15(17)16-9-12-8-14(19-4)13(18-3)7-11(12)6-10(16)2/h7-8,10H,5-6,9H2,1-4H3. The molecule has 1 aliphatic heterocycles. The van der Waals surface area contributed by atoms with Crippen molar-refractivity contribution in [1.82, 2.24) is 4.90 Å². The Morgan fingerprint density at radius 3 is 2.40 bits per heavy atom. The van der Waals surface area contributed by atoms with Gasteiger partial charge in [-0.1, -0.05) is 0 Å². The van der Waals surface area contributed by atoms with Crippen molar-refractivity contribution in [3.63, 3.8) is 0 Å². The van der Waals surface area contributed by atoms with E-state index in [0.717, 1.165) is 17.7 Å². The minimum atomic E-state index is -0.263. The number of carbonyl (C=O) groups excluding carboxylic acids is 1. The molecular weight excluding hydrogens is 258 g/mol. The molecule has 0 spiro atoms. The molecule has 0 aliphatic carbocycles. The van der Waals surface area contributed by atoms with E-state index >= 15 is 0 Å². The zero-order valence-corrected chi connectivity index (χ0v) is 12.4. The lowest BCUT2D eigenvalue weighted by Crippen LogP contribution is -2.42. The van der Waals surface area contributed by atoms with Crippen molar-refractivity contribution >= 4 is 6.09 Å². The molecule has 1 heterocycles. The molecule has 0 N–H and O–H groups in total. The highest BCUT2D eigenvalue weighted by molar-refractivity contribution is 5.69. The minimum Gasteiger partial charge on any atom is -0.493 e. The van der Waals surface area contributed by atoms with Crippen LogP contribution >= 0.6 is 0 Å². The molecular formula is C15H21NO4. The number of hydrogen-bond acceptors (Lipinski definition) is 4. The quantitative estimate of drug-likeness (QED) is 0.853. The summed E-state index contributed by atoms with van der Waals surface area (Å²) in [5.41, 5.74) is 2.27. The Labute approximate surface area is 119 Å². The van der Waals surface area contributed by atoms with Gasteiger partial charge in [-0.25, -0.2) is 4.79 Å². The fourth-order valence-corrected chi connectivity index (χ4v) is 2.52. The Hall–Kier alpha value is -1.91. The van der Waals surface area contributed by atoms with Crippen molar-refractivity contribution in [2.75, 3.05) is 20.8 Å². The summed E-state index contributed by atoms with van der Waals surface area (Å²) < 4.78 is 15.7. The maximum atomic E-state index is 11.9. The van der Waals surface area contributed by atoms with E-state index in [9.17, 15) is 4.79 Å². The third kappa shape index (κ3) is 2.66. The van der Waals surface area contributed by atoms with Gasteiger partial charge in [-0.05, 0) is 43.5 Å². The van der Waals surface area contributed by atoms with Gasteiger partial charge in [-0.3, -0.25) is 0 Å². The summed E-state index contributed by atoms with van der Waals surface area (Å²) in [5, 5.41) is 0. The number of fused-ring (bicyclic) bond motifs is 1. The minimum absolute atomic E-state index is 0.111. The molecule has 110 valence electrons. The predicted octanol–water partition coefficient (Wildman–Crippen LogP) is 2.61. The Kier molecular flexibility index (Phi) is 4.37. The lowest BCUT2D eigenvalue weighted by molar-refractivity contribution is 0.0861. The fraction of sp³-hybridized carbons (Fsp3) is 0.533. The van der Waals surface area contributed by atoms with Gasteiger partial charge in [0.05, 0.1) is 20.8 Å². The Morgan fingerprint density at radius 1 is 1.25 bits per heavy atom. The van der Waals surface area contributed by atoms with Crippen LogP contribution in [-0.4, -0.2) is 37.9 Å². The normalized spacial score (nSPS) is 17.4. The zero-order chi connectivity index (χ0) is 14.7. The van der Waals surface area contributed by atoms with E-state index in [-0.39, 0.29) is 12.1 Å². The molecule has 1 atom stereocenters. The molecule has 20 heavy (non-hydrogen) atoms. The van der Waals surface area contributed by atoms with Crippen molar-refractivity contribution in [2.24, 2.45) is 0 Å². The smallest absolute Gasteiger partial charge is 0.410 e. The number of carbonyl (C=O) groups is 1. The first-order valence-electron chi connectivity index (χ1n) is 6.77. The maximum absolute atomic E-state index is 11.9. The average molecular weight is 279 g/mol. The molecule has 0 fully saturated rings. The van der Waals surface area contributed by atoms with Crippen LogP contribution in [0.15, 0.2) is 12.1 Å². The molecule has 0 saturated heterocycles. The molecule has 5 nitrogen and oxygen atoms in total. The van der Waals surface area contributed by atoms with Crippen LogP contribution in [0.3, 0.4) is 0 Å². The van der Waals surface area contributed by atoms with Crippen LogP contribution in [0.5, 0.6) is 11.5 Å². The molecule has 1 amide bonds. The molecule has 1 aliphatic rings. The molecule has 0 bridgehead atoms. The molecule has 2 rings (SSSR count). The van der Waals surface area contributed by atoms with Crippen LogP contribution < -0.4 is 9.47 Å². The van der Waals surface area contributed by atoms with Crippen LogP contribution in [0.4, 0.5) is 4.79 Å². The van der Waals surface area contributed by atoms with E-state index in [1.807, 2.05) is 26.0 Å². The van der Waals surface area contributed by atoms with Crippen LogP contribution in [-0.2, 0) is 17.7 Å². The van der Waals surface area contributed by atoms with Gasteiger partial charge in [-0.15, -0.1) is 0 Å². The van der Waals surface area contributed by atoms with Gasteiger partial charge in [0.2, 0.25) is 0 Å². The highest BCUT2D eigenvalue weighted by Crippen LogP contribution is 2.34. The Morgan fingerprint density at radius 2 is 1.85 bits per heavy atom. The van der Waals surface area contributed by atoms with Crippen molar-refractivity contribution in [3.05, 3.63) is 23.3 Å². The van der Waals surface area contributed by atoms with Crippen LogP contribution in [0, 0.1) is 0 Å². The van der Waals surface area contributed by atoms with E-state index in [1.54, 1.807) is 19.1 Å². The Bertz CT molecular complexity index is 501. The number of amides is 1. The molecule has 1 aromatic carbocycles. The molecule has 5 heteroatoms. The largest absolute Gasteiger partial charge is 0.493 e. The van der Waals surface area contributed by atoms with Gasteiger partial charge in [-0.2, -0.15) is 0 Å². The van der Waals surface area contributed by atoms with E-state index < -0.39 is 0 Å². The summed E-state index contributed by atoms with van der Waals surface area (Å²) in [5.74, 6) is 1.41. The van der Waals surface area contributed by atoms with Crippen molar-refractivity contribution in [3.8, 4) is 11.5 Å². The van der Waals surface area contributed by atoms with Crippen LogP contribution in [0.1, 0.15) is 25.0 Å². The monoisotopic (exact) mass is 279 g/mol. The Balaban J connectivity index is 2.30. The maximum Gasteiger partial charge on any atom is 0.410 e. The molecule has 1 aromatic rings. The summed E-state index contributed by atoms with van der Waals surface area (Å²) in [4.78, 5) is 13.7. The number of rotatable bonds is 3. The first-order chi connectivity index (χ1) is 9.60. The second kappa shape index (κ2) is 6.03. The van der Waals surface area contributed by atoms with Gasteiger partial charge >= 0.3 is 6.09 Å². The van der Waals surface area contributed by atoms with E-state index in [2.05, 4.69) is 0 Å². The third-order valence-corrected chi connectivity index (χ3v) is 3.60. The van der Waals surface area contributed by atoms with Gasteiger partial charge in [0.15, 0.2) is 11.5 Å². The highest BCUT2D eigenvalue weighted by Gasteiger charge is 2.28. The molecule has 0 aromatic heterocycles. The van der Waals surface area contributed by atoms with Crippen molar-refractivity contribution in [1.29, 1.82) is 0 Å². The SMILES string of the molecule is CCOC(=O)N1Cc2cc(OC)c(OC)cc2CC1C. The summed E-state index contributed by atoms with van der Waals surface area (Å²) in [6, 6.07) is 4.04. The zero-order valence-electron chi connectivity index (χ0n) is 12.4. The number of methoxy groups -OCH3 is 2. The molecule has 0 radical (unpaired) electrons. The number of ether oxygens (including phenoxy) is 3. The molecule has 1 unspecified atom stereocenters. The van der Waals surface area contributed by atoms with Crippen LogP contribution in [0.25, 0.3) is 0 Å². The van der Waals surface area contributed by atoms with E-state index in [4.69, 9.17) is 14.2 Å². The van der Waals surface area contributed by atoms with Crippen LogP contribution in [0.2, 0.25) is 0 Å². The van der Waals surface area contributed by atoms with Crippen molar-refractivity contribution < 1.29 is 19.0 Å².